The van der Waals surface area contributed by atoms with Crippen molar-refractivity contribution in [2.75, 3.05) is 31.6 Å². The number of carbonyl (C=O) groups is 1. The SMILES string of the molecule is CCC1CN(C)CCCN1c1nc2c(s1)CCCC2=O. The molecular weight excluding hydrogens is 270 g/mol. The second-order valence-corrected chi connectivity index (χ2v) is 6.98. The summed E-state index contributed by atoms with van der Waals surface area (Å²) >= 11 is 1.75. The molecule has 3 rings (SSSR count). The number of nitrogens with zero attached hydrogens (tertiary/aromatic N) is 3. The number of ketones is 1. The number of aromatic nitrogens is 1. The Morgan fingerprint density at radius 2 is 2.15 bits per heavy atom. The molecular formula is C15H23N3OS. The number of carbonyl (C=O) groups excluding carboxylic acids is 1. The van der Waals surface area contributed by atoms with E-state index in [2.05, 4.69) is 23.8 Å². The highest BCUT2D eigenvalue weighted by molar-refractivity contribution is 7.16. The van der Waals surface area contributed by atoms with Gasteiger partial charge in [-0.3, -0.25) is 4.79 Å². The first-order valence-electron chi connectivity index (χ1n) is 7.67. The van der Waals surface area contributed by atoms with Gasteiger partial charge in [-0.05, 0) is 39.3 Å². The summed E-state index contributed by atoms with van der Waals surface area (Å²) in [6, 6.07) is 0.519. The molecule has 1 fully saturated rings. The first kappa shape index (κ1) is 14.0. The quantitative estimate of drug-likeness (QED) is 0.840. The van der Waals surface area contributed by atoms with Crippen LogP contribution < -0.4 is 4.90 Å². The lowest BCUT2D eigenvalue weighted by Gasteiger charge is -2.29. The van der Waals surface area contributed by atoms with Crippen LogP contribution in [0.2, 0.25) is 0 Å². The van der Waals surface area contributed by atoms with Gasteiger partial charge in [-0.15, -0.1) is 11.3 Å². The molecule has 1 saturated heterocycles. The molecule has 2 aliphatic rings. The van der Waals surface area contributed by atoms with Crippen LogP contribution in [0.4, 0.5) is 5.13 Å². The van der Waals surface area contributed by atoms with Crippen molar-refractivity contribution in [3.63, 3.8) is 0 Å². The molecule has 1 aromatic rings. The first-order valence-corrected chi connectivity index (χ1v) is 8.48. The zero-order valence-electron chi connectivity index (χ0n) is 12.4. The summed E-state index contributed by atoms with van der Waals surface area (Å²) in [5.74, 6) is 0.244. The van der Waals surface area contributed by atoms with E-state index < -0.39 is 0 Å². The molecule has 4 nitrogen and oxygen atoms in total. The minimum absolute atomic E-state index is 0.244. The summed E-state index contributed by atoms with van der Waals surface area (Å²) in [5, 5.41) is 1.08. The number of fused-ring (bicyclic) bond motifs is 1. The molecule has 0 bridgehead atoms. The molecule has 0 amide bonds. The molecule has 110 valence electrons. The zero-order valence-corrected chi connectivity index (χ0v) is 13.2. The topological polar surface area (TPSA) is 36.4 Å². The standard InChI is InChI=1S/C15H23N3OS/c1-3-11-10-17(2)8-5-9-18(11)15-16-14-12(19)6-4-7-13(14)20-15/h11H,3-10H2,1-2H3. The van der Waals surface area contributed by atoms with Gasteiger partial charge in [-0.25, -0.2) is 4.98 Å². The number of anilines is 1. The lowest BCUT2D eigenvalue weighted by molar-refractivity contribution is 0.0968. The lowest BCUT2D eigenvalue weighted by Crippen LogP contribution is -2.39. The van der Waals surface area contributed by atoms with Crippen molar-refractivity contribution < 1.29 is 4.79 Å². The van der Waals surface area contributed by atoms with Gasteiger partial charge in [-0.1, -0.05) is 6.92 Å². The van der Waals surface area contributed by atoms with Crippen molar-refractivity contribution in [3.05, 3.63) is 10.6 Å². The van der Waals surface area contributed by atoms with Gasteiger partial charge in [0, 0.05) is 30.4 Å². The van der Waals surface area contributed by atoms with Gasteiger partial charge in [-0.2, -0.15) is 0 Å². The normalized spacial score (nSPS) is 24.6. The molecule has 1 atom stereocenters. The predicted molar refractivity (Wildman–Crippen MR) is 82.9 cm³/mol. The number of hydrogen-bond acceptors (Lipinski definition) is 5. The maximum atomic E-state index is 12.0. The van der Waals surface area contributed by atoms with Crippen LogP contribution in [0.1, 0.15) is 48.0 Å². The molecule has 1 unspecified atom stereocenters. The number of likely N-dealkylation sites (N-methyl/N-ethyl adjacent to an activating group) is 1. The van der Waals surface area contributed by atoms with Crippen LogP contribution in [0.25, 0.3) is 0 Å². The Morgan fingerprint density at radius 1 is 1.30 bits per heavy atom. The van der Waals surface area contributed by atoms with Crippen LogP contribution in [-0.2, 0) is 6.42 Å². The molecule has 1 aliphatic heterocycles. The minimum Gasteiger partial charge on any atom is -0.344 e. The Labute approximate surface area is 124 Å². The Morgan fingerprint density at radius 3 is 2.90 bits per heavy atom. The van der Waals surface area contributed by atoms with Gasteiger partial charge in [0.1, 0.15) is 5.69 Å². The minimum atomic E-state index is 0.244. The third kappa shape index (κ3) is 2.61. The van der Waals surface area contributed by atoms with E-state index >= 15 is 0 Å². The second kappa shape index (κ2) is 5.82. The summed E-state index contributed by atoms with van der Waals surface area (Å²) in [5.41, 5.74) is 0.767. The maximum absolute atomic E-state index is 12.0. The van der Waals surface area contributed by atoms with E-state index in [1.807, 2.05) is 0 Å². The number of hydrogen-bond donors (Lipinski definition) is 0. The van der Waals surface area contributed by atoms with E-state index in [1.54, 1.807) is 11.3 Å². The summed E-state index contributed by atoms with van der Waals surface area (Å²) < 4.78 is 0. The average molecular weight is 293 g/mol. The third-order valence-corrected chi connectivity index (χ3v) is 5.53. The molecule has 2 heterocycles. The fraction of sp³-hybridized carbons (Fsp3) is 0.733. The molecule has 0 saturated carbocycles. The van der Waals surface area contributed by atoms with Gasteiger partial charge in [0.05, 0.1) is 0 Å². The number of rotatable bonds is 2. The van der Waals surface area contributed by atoms with Crippen molar-refractivity contribution in [2.45, 2.75) is 45.1 Å². The van der Waals surface area contributed by atoms with Gasteiger partial charge >= 0.3 is 0 Å². The second-order valence-electron chi connectivity index (χ2n) is 5.92. The number of thiazole rings is 1. The van der Waals surface area contributed by atoms with Gasteiger partial charge in [0.2, 0.25) is 0 Å². The molecule has 5 heteroatoms. The summed E-state index contributed by atoms with van der Waals surface area (Å²) in [6.45, 7) is 5.55. The van der Waals surface area contributed by atoms with E-state index in [0.717, 1.165) is 49.7 Å². The number of Topliss-reactive ketones (excluding diaryl/α,β-unsaturated/α-hetero) is 1. The lowest BCUT2D eigenvalue weighted by atomic mass is 10.0. The van der Waals surface area contributed by atoms with E-state index in [-0.39, 0.29) is 5.78 Å². The van der Waals surface area contributed by atoms with E-state index in [4.69, 9.17) is 4.98 Å². The summed E-state index contributed by atoms with van der Waals surface area (Å²) in [4.78, 5) is 22.7. The maximum Gasteiger partial charge on any atom is 0.186 e. The highest BCUT2D eigenvalue weighted by atomic mass is 32.1. The van der Waals surface area contributed by atoms with Crippen LogP contribution >= 0.6 is 11.3 Å². The molecule has 0 spiro atoms. The van der Waals surface area contributed by atoms with E-state index in [1.165, 1.54) is 11.3 Å². The Balaban J connectivity index is 1.88. The molecule has 1 aliphatic carbocycles. The van der Waals surface area contributed by atoms with Crippen molar-refractivity contribution in [1.29, 1.82) is 0 Å². The Kier molecular flexibility index (Phi) is 4.08. The predicted octanol–water partition coefficient (Wildman–Crippen LogP) is 2.58. The highest BCUT2D eigenvalue weighted by Gasteiger charge is 2.28. The summed E-state index contributed by atoms with van der Waals surface area (Å²) in [7, 11) is 2.20. The number of aryl methyl sites for hydroxylation is 1. The van der Waals surface area contributed by atoms with Crippen LogP contribution in [0, 0.1) is 0 Å². The van der Waals surface area contributed by atoms with Crippen molar-refractivity contribution in [3.8, 4) is 0 Å². The van der Waals surface area contributed by atoms with Crippen molar-refractivity contribution >= 4 is 22.3 Å². The van der Waals surface area contributed by atoms with Crippen LogP contribution in [0.3, 0.4) is 0 Å². The molecule has 1 aromatic heterocycles. The molecule has 0 N–H and O–H groups in total. The largest absolute Gasteiger partial charge is 0.344 e. The van der Waals surface area contributed by atoms with Crippen LogP contribution in [-0.4, -0.2) is 48.4 Å². The Bertz CT molecular complexity index is 499. The molecule has 0 radical (unpaired) electrons. The monoisotopic (exact) mass is 293 g/mol. The van der Waals surface area contributed by atoms with Crippen LogP contribution in [0.5, 0.6) is 0 Å². The first-order chi connectivity index (χ1) is 9.69. The van der Waals surface area contributed by atoms with E-state index in [9.17, 15) is 4.79 Å². The van der Waals surface area contributed by atoms with Gasteiger partial charge < -0.3 is 9.80 Å². The third-order valence-electron chi connectivity index (χ3n) is 4.38. The average Bonchev–Trinajstić information content (AvgIpc) is 2.77. The van der Waals surface area contributed by atoms with Crippen LogP contribution in [0.15, 0.2) is 0 Å². The highest BCUT2D eigenvalue weighted by Crippen LogP contribution is 2.33. The van der Waals surface area contributed by atoms with E-state index in [0.29, 0.717) is 12.5 Å². The summed E-state index contributed by atoms with van der Waals surface area (Å²) in [6.07, 6.45) is 5.00. The molecule has 0 aromatic carbocycles. The van der Waals surface area contributed by atoms with Gasteiger partial charge in [0.15, 0.2) is 10.9 Å². The zero-order chi connectivity index (χ0) is 14.1. The smallest absolute Gasteiger partial charge is 0.186 e. The van der Waals surface area contributed by atoms with Crippen molar-refractivity contribution in [2.24, 2.45) is 0 Å². The fourth-order valence-corrected chi connectivity index (χ4v) is 4.44. The molecule has 20 heavy (non-hydrogen) atoms. The Hall–Kier alpha value is -0.940. The van der Waals surface area contributed by atoms with Gasteiger partial charge in [0.25, 0.3) is 0 Å². The fourth-order valence-electron chi connectivity index (χ4n) is 3.22. The van der Waals surface area contributed by atoms with Crippen molar-refractivity contribution in [1.82, 2.24) is 9.88 Å².